The Morgan fingerprint density at radius 3 is 2.89 bits per heavy atom. The van der Waals surface area contributed by atoms with Crippen LogP contribution in [0.3, 0.4) is 0 Å². The Labute approximate surface area is 110 Å². The van der Waals surface area contributed by atoms with Crippen LogP contribution in [0, 0.1) is 6.92 Å². The molecule has 0 spiro atoms. The minimum atomic E-state index is -1.53. The molecule has 2 rings (SSSR count). The number of esters is 1. The number of nitrogens with one attached hydrogen (secondary N) is 2. The first-order chi connectivity index (χ1) is 9.02. The van der Waals surface area contributed by atoms with Crippen molar-refractivity contribution < 1.29 is 19.4 Å². The van der Waals surface area contributed by atoms with Gasteiger partial charge in [0.1, 0.15) is 6.04 Å². The van der Waals surface area contributed by atoms with Gasteiger partial charge in [-0.25, -0.2) is 4.79 Å². The lowest BCUT2D eigenvalue weighted by Crippen LogP contribution is -2.50. The van der Waals surface area contributed by atoms with E-state index in [2.05, 4.69) is 10.6 Å². The number of carbonyl (C=O) groups excluding carboxylic acids is 2. The summed E-state index contributed by atoms with van der Waals surface area (Å²) in [5, 5.41) is 15.3. The molecule has 3 N–H and O–H groups in total. The number of aliphatic hydroxyl groups is 1. The molecule has 6 heteroatoms. The Balaban J connectivity index is 2.19. The van der Waals surface area contributed by atoms with Gasteiger partial charge in [-0.1, -0.05) is 6.07 Å². The summed E-state index contributed by atoms with van der Waals surface area (Å²) in [6.45, 7) is 3.70. The Morgan fingerprint density at radius 1 is 1.47 bits per heavy atom. The first kappa shape index (κ1) is 13.4. The highest BCUT2D eigenvalue weighted by Gasteiger charge is 2.36. The summed E-state index contributed by atoms with van der Waals surface area (Å²) in [7, 11) is 0. The van der Waals surface area contributed by atoms with Crippen LogP contribution in [0.15, 0.2) is 18.2 Å². The Hall–Kier alpha value is -2.08. The van der Waals surface area contributed by atoms with Crippen molar-refractivity contribution in [2.24, 2.45) is 0 Å². The first-order valence-corrected chi connectivity index (χ1v) is 6.05. The molecule has 1 aromatic carbocycles. The maximum absolute atomic E-state index is 11.9. The number of benzene rings is 1. The molecule has 0 unspecified atom stereocenters. The minimum Gasteiger partial charge on any atom is -0.464 e. The third-order valence-corrected chi connectivity index (χ3v) is 2.87. The highest BCUT2D eigenvalue weighted by molar-refractivity contribution is 6.05. The van der Waals surface area contributed by atoms with E-state index in [9.17, 15) is 14.7 Å². The number of hydrogen-bond acceptors (Lipinski definition) is 5. The summed E-state index contributed by atoms with van der Waals surface area (Å²) < 4.78 is 4.70. The van der Waals surface area contributed by atoms with E-state index in [4.69, 9.17) is 4.74 Å². The summed E-state index contributed by atoms with van der Waals surface area (Å²) in [5.41, 5.74) is 2.31. The molecule has 102 valence electrons. The standard InChI is InChI=1S/C13H16N2O4/c1-3-19-13(18)11(16)10-12(17)15-9-6-7(2)4-5-8(9)14-10/h4-6,10-11,14,16H,3H2,1-2H3,(H,15,17)/t10-,11+/m0/s1. The van der Waals surface area contributed by atoms with Crippen LogP contribution in [-0.2, 0) is 14.3 Å². The fourth-order valence-electron chi connectivity index (χ4n) is 1.92. The molecule has 0 bridgehead atoms. The number of anilines is 2. The van der Waals surface area contributed by atoms with Crippen LogP contribution in [0.1, 0.15) is 12.5 Å². The van der Waals surface area contributed by atoms with Crippen LogP contribution >= 0.6 is 0 Å². The summed E-state index contributed by atoms with van der Waals surface area (Å²) >= 11 is 0. The van der Waals surface area contributed by atoms with E-state index in [0.29, 0.717) is 11.4 Å². The van der Waals surface area contributed by atoms with E-state index in [1.165, 1.54) is 0 Å². The molecule has 0 saturated heterocycles. The van der Waals surface area contributed by atoms with Crippen molar-refractivity contribution in [2.75, 3.05) is 17.2 Å². The zero-order chi connectivity index (χ0) is 14.0. The lowest BCUT2D eigenvalue weighted by molar-refractivity contribution is -0.155. The van der Waals surface area contributed by atoms with Crippen LogP contribution in [0.5, 0.6) is 0 Å². The molecule has 0 aromatic heterocycles. The number of aryl methyl sites for hydroxylation is 1. The highest BCUT2D eigenvalue weighted by Crippen LogP contribution is 2.28. The highest BCUT2D eigenvalue weighted by atomic mass is 16.5. The number of amides is 1. The van der Waals surface area contributed by atoms with Gasteiger partial charge in [0.25, 0.3) is 0 Å². The average Bonchev–Trinajstić information content (AvgIpc) is 2.37. The fraction of sp³-hybridized carbons (Fsp3) is 0.385. The molecule has 19 heavy (non-hydrogen) atoms. The fourth-order valence-corrected chi connectivity index (χ4v) is 1.92. The van der Waals surface area contributed by atoms with Crippen LogP contribution in [0.4, 0.5) is 11.4 Å². The summed E-state index contributed by atoms with van der Waals surface area (Å²) in [6.07, 6.45) is -1.53. The number of rotatable bonds is 3. The zero-order valence-electron chi connectivity index (χ0n) is 10.8. The SMILES string of the molecule is CCOC(=O)[C@H](O)[C@@H]1Nc2ccc(C)cc2NC1=O. The van der Waals surface area contributed by atoms with Gasteiger partial charge >= 0.3 is 5.97 Å². The van der Waals surface area contributed by atoms with E-state index in [0.717, 1.165) is 5.56 Å². The predicted octanol–water partition coefficient (Wildman–Crippen LogP) is 0.652. The normalized spacial score (nSPS) is 18.9. The van der Waals surface area contributed by atoms with Crippen LogP contribution in [0.2, 0.25) is 0 Å². The second-order valence-electron chi connectivity index (χ2n) is 4.36. The van der Waals surface area contributed by atoms with Crippen molar-refractivity contribution in [3.05, 3.63) is 23.8 Å². The lowest BCUT2D eigenvalue weighted by atomic mass is 10.0. The van der Waals surface area contributed by atoms with Crippen molar-refractivity contribution >= 4 is 23.3 Å². The molecule has 1 aliphatic heterocycles. The molecule has 1 aromatic rings. The van der Waals surface area contributed by atoms with E-state index in [1.807, 2.05) is 19.1 Å². The molecule has 0 fully saturated rings. The van der Waals surface area contributed by atoms with Crippen molar-refractivity contribution in [2.45, 2.75) is 26.0 Å². The largest absolute Gasteiger partial charge is 0.464 e. The summed E-state index contributed by atoms with van der Waals surface area (Å²) in [5.74, 6) is -1.27. The number of aliphatic hydroxyl groups excluding tert-OH is 1. The first-order valence-electron chi connectivity index (χ1n) is 6.05. The van der Waals surface area contributed by atoms with E-state index in [-0.39, 0.29) is 6.61 Å². The molecule has 6 nitrogen and oxygen atoms in total. The van der Waals surface area contributed by atoms with Gasteiger partial charge in [0, 0.05) is 0 Å². The molecular weight excluding hydrogens is 248 g/mol. The summed E-state index contributed by atoms with van der Waals surface area (Å²) in [4.78, 5) is 23.3. The third kappa shape index (κ3) is 2.68. The molecule has 1 aliphatic rings. The number of carbonyl (C=O) groups is 2. The van der Waals surface area contributed by atoms with Crippen molar-refractivity contribution in [3.63, 3.8) is 0 Å². The Morgan fingerprint density at radius 2 is 2.21 bits per heavy atom. The van der Waals surface area contributed by atoms with Crippen LogP contribution < -0.4 is 10.6 Å². The maximum atomic E-state index is 11.9. The molecule has 0 radical (unpaired) electrons. The molecule has 0 saturated carbocycles. The second-order valence-corrected chi connectivity index (χ2v) is 4.36. The second kappa shape index (κ2) is 5.27. The zero-order valence-corrected chi connectivity index (χ0v) is 10.8. The van der Waals surface area contributed by atoms with Gasteiger partial charge in [-0.2, -0.15) is 0 Å². The quantitative estimate of drug-likeness (QED) is 0.698. The Bertz CT molecular complexity index is 515. The molecule has 1 amide bonds. The predicted molar refractivity (Wildman–Crippen MR) is 69.9 cm³/mol. The van der Waals surface area contributed by atoms with E-state index >= 15 is 0 Å². The van der Waals surface area contributed by atoms with Gasteiger partial charge in [0.2, 0.25) is 5.91 Å². The van der Waals surface area contributed by atoms with Gasteiger partial charge < -0.3 is 20.5 Å². The lowest BCUT2D eigenvalue weighted by Gasteiger charge is -2.29. The number of ether oxygens (including phenoxy) is 1. The van der Waals surface area contributed by atoms with E-state index < -0.39 is 24.0 Å². The van der Waals surface area contributed by atoms with Gasteiger partial charge in [-0.05, 0) is 31.5 Å². The third-order valence-electron chi connectivity index (χ3n) is 2.87. The van der Waals surface area contributed by atoms with Crippen LogP contribution in [-0.4, -0.2) is 35.7 Å². The average molecular weight is 264 g/mol. The monoisotopic (exact) mass is 264 g/mol. The van der Waals surface area contributed by atoms with Gasteiger partial charge in [0.05, 0.1) is 18.0 Å². The molecular formula is C13H16N2O4. The summed E-state index contributed by atoms with van der Waals surface area (Å²) in [6, 6.07) is 4.42. The van der Waals surface area contributed by atoms with Crippen LogP contribution in [0.25, 0.3) is 0 Å². The van der Waals surface area contributed by atoms with Gasteiger partial charge in [-0.15, -0.1) is 0 Å². The molecule has 0 aliphatic carbocycles. The minimum absolute atomic E-state index is 0.153. The van der Waals surface area contributed by atoms with Crippen molar-refractivity contribution in [3.8, 4) is 0 Å². The topological polar surface area (TPSA) is 87.7 Å². The van der Waals surface area contributed by atoms with Gasteiger partial charge in [-0.3, -0.25) is 4.79 Å². The number of fused-ring (bicyclic) bond motifs is 1. The van der Waals surface area contributed by atoms with Crippen molar-refractivity contribution in [1.29, 1.82) is 0 Å². The molecule has 1 heterocycles. The smallest absolute Gasteiger partial charge is 0.337 e. The maximum Gasteiger partial charge on any atom is 0.337 e. The number of hydrogen-bond donors (Lipinski definition) is 3. The van der Waals surface area contributed by atoms with Crippen molar-refractivity contribution in [1.82, 2.24) is 0 Å². The van der Waals surface area contributed by atoms with E-state index in [1.54, 1.807) is 13.0 Å². The molecule has 2 atom stereocenters. The Kier molecular flexibility index (Phi) is 3.71. The van der Waals surface area contributed by atoms with Gasteiger partial charge in [0.15, 0.2) is 6.10 Å².